The second kappa shape index (κ2) is 6.42. The molecule has 11 heteroatoms. The van der Waals surface area contributed by atoms with Gasteiger partial charge < -0.3 is 33.4 Å². The van der Waals surface area contributed by atoms with E-state index in [1.54, 1.807) is 0 Å². The first-order valence-electron chi connectivity index (χ1n) is 1.66. The van der Waals surface area contributed by atoms with Crippen LogP contribution in [0.1, 0.15) is 1.43 Å². The van der Waals surface area contributed by atoms with Gasteiger partial charge in [-0.3, -0.25) is 0 Å². The number of phosphoric acid groups is 1. The van der Waals surface area contributed by atoms with Crippen LogP contribution in [0.25, 0.3) is 0 Å². The summed E-state index contributed by atoms with van der Waals surface area (Å²) in [5.74, 6) is 0. The number of hydrogen-bond donors (Lipinski definition) is 3. The molecule has 0 aliphatic rings. The van der Waals surface area contributed by atoms with Crippen LogP contribution < -0.4 is 29.6 Å². The molecule has 0 radical (unpaired) electrons. The topological polar surface area (TPSA) is 77.8 Å². The van der Waals surface area contributed by atoms with E-state index in [1.165, 1.54) is 0 Å². The summed E-state index contributed by atoms with van der Waals surface area (Å²) in [6, 6.07) is 0. The monoisotopic (exact) mass is 209 g/mol. The zero-order valence-corrected chi connectivity index (χ0v) is 8.18. The van der Waals surface area contributed by atoms with Crippen molar-refractivity contribution in [3.05, 3.63) is 0 Å². The predicted octanol–water partition coefficient (Wildman–Crippen LogP) is -2.51. The van der Waals surface area contributed by atoms with E-state index in [2.05, 4.69) is 0 Å². The molecule has 0 spiro atoms. The molecule has 3 N–H and O–H groups in total. The zero-order valence-electron chi connectivity index (χ0n) is 6.29. The van der Waals surface area contributed by atoms with Crippen LogP contribution in [-0.4, -0.2) is 21.9 Å². The first-order valence-corrected chi connectivity index (χ1v) is 3.22. The summed E-state index contributed by atoms with van der Waals surface area (Å²) in [5.41, 5.74) is 0. The Morgan fingerprint density at radius 3 is 1.09 bits per heavy atom. The van der Waals surface area contributed by atoms with Crippen LogP contribution in [0.15, 0.2) is 0 Å². The largest absolute Gasteiger partial charge is 1.00 e. The maximum atomic E-state index is 9.75. The standard InChI is InChI=1S/BF4.Na.H3O4P.H/c2-1(3,4)5;;1-5(2,3)4;/h;;(H3,1,2,3,4);/q-1;+1;;-1. The Kier molecular flexibility index (Phi) is 10.4. The van der Waals surface area contributed by atoms with Crippen LogP contribution in [0.2, 0.25) is 0 Å². The van der Waals surface area contributed by atoms with Crippen molar-refractivity contribution < 1.29 is 67.5 Å². The maximum Gasteiger partial charge on any atom is 1.00 e. The van der Waals surface area contributed by atoms with Gasteiger partial charge in [-0.2, -0.15) is 0 Å². The Balaban J connectivity index is -0.0000000457. The number of halogens is 4. The third-order valence-corrected chi connectivity index (χ3v) is 0. The molecule has 0 saturated heterocycles. The van der Waals surface area contributed by atoms with E-state index in [0.717, 1.165) is 0 Å². The Morgan fingerprint density at radius 1 is 1.09 bits per heavy atom. The van der Waals surface area contributed by atoms with Gasteiger partial charge in [-0.1, -0.05) is 0 Å². The van der Waals surface area contributed by atoms with Gasteiger partial charge in [0.05, 0.1) is 0 Å². The first-order chi connectivity index (χ1) is 4.00. The van der Waals surface area contributed by atoms with E-state index in [0.29, 0.717) is 0 Å². The van der Waals surface area contributed by atoms with Crippen molar-refractivity contribution in [2.24, 2.45) is 0 Å². The molecule has 0 aliphatic carbocycles. The van der Waals surface area contributed by atoms with Gasteiger partial charge in [0.25, 0.3) is 0 Å². The molecule has 0 rings (SSSR count). The number of rotatable bonds is 0. The molecule has 0 amide bonds. The minimum absolute atomic E-state index is 0. The third-order valence-electron chi connectivity index (χ3n) is 0. The quantitative estimate of drug-likeness (QED) is 0.234. The molecule has 0 aromatic rings. The smallest absolute Gasteiger partial charge is 1.00 e. The molecule has 0 atom stereocenters. The molecule has 0 heterocycles. The van der Waals surface area contributed by atoms with E-state index >= 15 is 0 Å². The van der Waals surface area contributed by atoms with Crippen molar-refractivity contribution in [2.45, 2.75) is 0 Å². The fourth-order valence-corrected chi connectivity index (χ4v) is 0. The first kappa shape index (κ1) is 17.8. The second-order valence-electron chi connectivity index (χ2n) is 1.01. The van der Waals surface area contributed by atoms with Gasteiger partial charge in [-0.25, -0.2) is 4.57 Å². The van der Waals surface area contributed by atoms with Crippen molar-refractivity contribution in [1.82, 2.24) is 0 Å². The van der Waals surface area contributed by atoms with E-state index in [-0.39, 0.29) is 31.0 Å². The van der Waals surface area contributed by atoms with Crippen molar-refractivity contribution in [3.63, 3.8) is 0 Å². The van der Waals surface area contributed by atoms with Gasteiger partial charge in [0, 0.05) is 0 Å². The molecule has 66 valence electrons. The summed E-state index contributed by atoms with van der Waals surface area (Å²) in [5, 5.41) is 0. The molecule has 0 aliphatic heterocycles. The fourth-order valence-electron chi connectivity index (χ4n) is 0. The summed E-state index contributed by atoms with van der Waals surface area (Å²) in [6.45, 7) is 0. The van der Waals surface area contributed by atoms with E-state index in [1.807, 2.05) is 0 Å². The molecule has 0 bridgehead atoms. The third kappa shape index (κ3) is 1080. The van der Waals surface area contributed by atoms with Gasteiger partial charge in [-0.05, 0) is 0 Å². The fraction of sp³-hybridized carbons (Fsp3) is 0. The van der Waals surface area contributed by atoms with Crippen LogP contribution in [0.4, 0.5) is 17.3 Å². The van der Waals surface area contributed by atoms with Crippen molar-refractivity contribution >= 4 is 15.1 Å². The molecule has 0 aromatic heterocycles. The van der Waals surface area contributed by atoms with Gasteiger partial charge in [0.1, 0.15) is 0 Å². The summed E-state index contributed by atoms with van der Waals surface area (Å²) < 4.78 is 47.9. The molecule has 4 nitrogen and oxygen atoms in total. The maximum absolute atomic E-state index is 9.75. The average Bonchev–Trinajstić information content (AvgIpc) is 1.12. The van der Waals surface area contributed by atoms with Crippen LogP contribution in [0.3, 0.4) is 0 Å². The van der Waals surface area contributed by atoms with Crippen molar-refractivity contribution in [1.29, 1.82) is 0 Å². The average molecular weight is 209 g/mol. The predicted molar refractivity (Wildman–Crippen MR) is 25.6 cm³/mol. The summed E-state index contributed by atoms with van der Waals surface area (Å²) >= 11 is 0. The van der Waals surface area contributed by atoms with Crippen LogP contribution in [-0.2, 0) is 4.57 Å². The Labute approximate surface area is 82.7 Å². The summed E-state index contributed by atoms with van der Waals surface area (Å²) in [6.07, 6.45) is 0. The van der Waals surface area contributed by atoms with E-state index in [9.17, 15) is 17.3 Å². The normalized spacial score (nSPS) is 10.8. The van der Waals surface area contributed by atoms with Crippen LogP contribution >= 0.6 is 7.82 Å². The van der Waals surface area contributed by atoms with Crippen LogP contribution in [0, 0.1) is 0 Å². The van der Waals surface area contributed by atoms with Gasteiger partial charge >= 0.3 is 44.6 Å². The van der Waals surface area contributed by atoms with Crippen molar-refractivity contribution in [3.8, 4) is 0 Å². The minimum Gasteiger partial charge on any atom is -1.00 e. The molecule has 11 heavy (non-hydrogen) atoms. The molecule has 0 fully saturated rings. The summed E-state index contributed by atoms with van der Waals surface area (Å²) in [7, 11) is -10.6. The number of hydrogen-bond acceptors (Lipinski definition) is 1. The van der Waals surface area contributed by atoms with Gasteiger partial charge in [-0.15, -0.1) is 0 Å². The zero-order chi connectivity index (χ0) is 9.00. The van der Waals surface area contributed by atoms with Crippen LogP contribution in [0.5, 0.6) is 0 Å². The van der Waals surface area contributed by atoms with Crippen molar-refractivity contribution in [2.75, 3.05) is 0 Å². The SMILES string of the molecule is F[B-](F)(F)F.O=P(O)(O)O.[H-].[Na+]. The minimum atomic E-state index is -6.00. The molecular formula is H4BF4NaO4P-. The van der Waals surface area contributed by atoms with Gasteiger partial charge in [0.15, 0.2) is 0 Å². The Bertz CT molecular complexity index is 119. The molecule has 0 unspecified atom stereocenters. The second-order valence-corrected chi connectivity index (χ2v) is 2.03. The molecule has 0 aromatic carbocycles. The van der Waals surface area contributed by atoms with E-state index < -0.39 is 15.1 Å². The molecular weight excluding hydrogens is 205 g/mol. The Hall–Kier alpha value is 0.895. The molecule has 0 saturated carbocycles. The Morgan fingerprint density at radius 2 is 1.09 bits per heavy atom. The van der Waals surface area contributed by atoms with E-state index in [4.69, 9.17) is 19.2 Å². The summed E-state index contributed by atoms with van der Waals surface area (Å²) in [4.78, 5) is 21.6. The van der Waals surface area contributed by atoms with Gasteiger partial charge in [0.2, 0.25) is 0 Å².